The number of hydrogen-bond acceptors (Lipinski definition) is 1. The molecule has 3 unspecified atom stereocenters. The summed E-state index contributed by atoms with van der Waals surface area (Å²) in [6.45, 7) is 11.7. The Hall–Kier alpha value is -0.890. The molecule has 1 aromatic carbocycles. The van der Waals surface area contributed by atoms with Crippen LogP contribution in [0.4, 0.5) is 4.39 Å². The minimum absolute atomic E-state index is 0.00106. The quantitative estimate of drug-likeness (QED) is 0.826. The summed E-state index contributed by atoms with van der Waals surface area (Å²) in [6.07, 6.45) is 3.59. The lowest BCUT2D eigenvalue weighted by Crippen LogP contribution is -2.35. The topological polar surface area (TPSA) is 12.0 Å². The first-order valence-corrected chi connectivity index (χ1v) is 8.38. The molecule has 1 aliphatic rings. The number of benzene rings is 1. The molecule has 1 aliphatic carbocycles. The Labute approximate surface area is 129 Å². The van der Waals surface area contributed by atoms with Crippen molar-refractivity contribution in [2.75, 3.05) is 6.54 Å². The van der Waals surface area contributed by atoms with Crippen molar-refractivity contribution < 1.29 is 4.39 Å². The minimum atomic E-state index is 0.00106. The zero-order valence-corrected chi connectivity index (χ0v) is 14.2. The van der Waals surface area contributed by atoms with E-state index in [0.717, 1.165) is 29.7 Å². The molecule has 3 atom stereocenters. The normalized spacial score (nSPS) is 26.3. The van der Waals surface area contributed by atoms with Crippen molar-refractivity contribution in [2.24, 2.45) is 11.8 Å². The van der Waals surface area contributed by atoms with Crippen LogP contribution >= 0.6 is 0 Å². The van der Waals surface area contributed by atoms with E-state index >= 15 is 0 Å². The lowest BCUT2D eigenvalue weighted by molar-refractivity contribution is 0.234. The van der Waals surface area contributed by atoms with Crippen LogP contribution in [0.15, 0.2) is 12.1 Å². The molecule has 118 valence electrons. The lowest BCUT2D eigenvalue weighted by Gasteiger charge is -2.37. The zero-order valence-electron chi connectivity index (χ0n) is 14.2. The molecule has 1 N–H and O–H groups in total. The van der Waals surface area contributed by atoms with Gasteiger partial charge < -0.3 is 5.32 Å². The fourth-order valence-electron chi connectivity index (χ4n) is 3.82. The van der Waals surface area contributed by atoms with Gasteiger partial charge in [-0.3, -0.25) is 0 Å². The van der Waals surface area contributed by atoms with Gasteiger partial charge in [-0.2, -0.15) is 0 Å². The Morgan fingerprint density at radius 1 is 1.24 bits per heavy atom. The summed E-state index contributed by atoms with van der Waals surface area (Å²) in [4.78, 5) is 0. The van der Waals surface area contributed by atoms with Crippen LogP contribution in [0.1, 0.15) is 62.6 Å². The summed E-state index contributed by atoms with van der Waals surface area (Å²) in [5, 5.41) is 3.56. The highest BCUT2D eigenvalue weighted by atomic mass is 19.1. The van der Waals surface area contributed by atoms with E-state index in [1.807, 2.05) is 6.92 Å². The van der Waals surface area contributed by atoms with E-state index in [-0.39, 0.29) is 5.82 Å². The van der Waals surface area contributed by atoms with Gasteiger partial charge in [0, 0.05) is 6.04 Å². The maximum Gasteiger partial charge on any atom is 0.127 e. The first-order valence-electron chi connectivity index (χ1n) is 8.38. The third-order valence-electron chi connectivity index (χ3n) is 4.90. The van der Waals surface area contributed by atoms with Crippen LogP contribution in [0.2, 0.25) is 0 Å². The van der Waals surface area contributed by atoms with Crippen LogP contribution in [0, 0.1) is 31.5 Å². The van der Waals surface area contributed by atoms with Crippen molar-refractivity contribution in [1.29, 1.82) is 0 Å². The Morgan fingerprint density at radius 3 is 2.57 bits per heavy atom. The largest absolute Gasteiger partial charge is 0.314 e. The van der Waals surface area contributed by atoms with Gasteiger partial charge in [-0.1, -0.05) is 33.3 Å². The van der Waals surface area contributed by atoms with Crippen LogP contribution in [0.3, 0.4) is 0 Å². The second kappa shape index (κ2) is 6.91. The summed E-state index contributed by atoms with van der Waals surface area (Å²) in [7, 11) is 0. The smallest absolute Gasteiger partial charge is 0.127 e. The molecule has 0 aliphatic heterocycles. The van der Waals surface area contributed by atoms with E-state index in [0.29, 0.717) is 23.8 Å². The predicted molar refractivity (Wildman–Crippen MR) is 88.3 cm³/mol. The molecule has 1 aromatic rings. The molecular weight excluding hydrogens is 261 g/mol. The molecule has 2 heteroatoms. The highest BCUT2D eigenvalue weighted by Gasteiger charge is 2.32. The number of halogens is 1. The molecule has 0 saturated heterocycles. The summed E-state index contributed by atoms with van der Waals surface area (Å²) < 4.78 is 14.6. The third-order valence-corrected chi connectivity index (χ3v) is 4.90. The van der Waals surface area contributed by atoms with Gasteiger partial charge in [0.25, 0.3) is 0 Å². The van der Waals surface area contributed by atoms with Gasteiger partial charge in [0.15, 0.2) is 0 Å². The van der Waals surface area contributed by atoms with E-state index in [1.54, 1.807) is 6.07 Å². The molecule has 1 nitrogen and oxygen atoms in total. The Morgan fingerprint density at radius 2 is 1.95 bits per heavy atom. The monoisotopic (exact) mass is 291 g/mol. The zero-order chi connectivity index (χ0) is 15.6. The summed E-state index contributed by atoms with van der Waals surface area (Å²) in [5.41, 5.74) is 3.12. The Kier molecular flexibility index (Phi) is 5.43. The van der Waals surface area contributed by atoms with Crippen LogP contribution < -0.4 is 5.32 Å². The molecule has 2 rings (SSSR count). The van der Waals surface area contributed by atoms with Gasteiger partial charge in [-0.05, 0) is 73.7 Å². The average Bonchev–Trinajstić information content (AvgIpc) is 2.36. The number of aryl methyl sites for hydroxylation is 2. The van der Waals surface area contributed by atoms with E-state index in [4.69, 9.17) is 0 Å². The molecule has 1 fully saturated rings. The lowest BCUT2D eigenvalue weighted by atomic mass is 9.70. The van der Waals surface area contributed by atoms with Gasteiger partial charge in [0.05, 0.1) is 0 Å². The van der Waals surface area contributed by atoms with Crippen LogP contribution in [0.5, 0.6) is 0 Å². The molecule has 0 spiro atoms. The van der Waals surface area contributed by atoms with Crippen LogP contribution in [-0.4, -0.2) is 12.6 Å². The molecule has 0 radical (unpaired) electrons. The molecule has 1 saturated carbocycles. The van der Waals surface area contributed by atoms with Crippen LogP contribution in [0.25, 0.3) is 0 Å². The maximum atomic E-state index is 14.6. The van der Waals surface area contributed by atoms with Crippen molar-refractivity contribution in [3.8, 4) is 0 Å². The van der Waals surface area contributed by atoms with Crippen molar-refractivity contribution in [2.45, 2.75) is 65.8 Å². The SMILES string of the molecule is Cc1cc(C)c(C2CC(C)CCC2CNC(C)C)c(F)c1. The first-order chi connectivity index (χ1) is 9.88. The average molecular weight is 291 g/mol. The second-order valence-corrected chi connectivity index (χ2v) is 7.33. The number of hydrogen-bond donors (Lipinski definition) is 1. The van der Waals surface area contributed by atoms with Crippen molar-refractivity contribution in [3.63, 3.8) is 0 Å². The second-order valence-electron chi connectivity index (χ2n) is 7.33. The molecule has 21 heavy (non-hydrogen) atoms. The first kappa shape index (κ1) is 16.5. The van der Waals surface area contributed by atoms with Crippen molar-refractivity contribution in [1.82, 2.24) is 5.32 Å². The van der Waals surface area contributed by atoms with Gasteiger partial charge in [0.1, 0.15) is 5.82 Å². The molecular formula is C19H30FN. The molecule has 0 heterocycles. The minimum Gasteiger partial charge on any atom is -0.314 e. The summed E-state index contributed by atoms with van der Waals surface area (Å²) >= 11 is 0. The van der Waals surface area contributed by atoms with E-state index in [2.05, 4.69) is 39.1 Å². The highest BCUT2D eigenvalue weighted by Crippen LogP contribution is 2.42. The van der Waals surface area contributed by atoms with E-state index < -0.39 is 0 Å². The maximum absolute atomic E-state index is 14.6. The van der Waals surface area contributed by atoms with Crippen LogP contribution in [-0.2, 0) is 0 Å². The number of nitrogens with one attached hydrogen (secondary N) is 1. The Balaban J connectivity index is 2.27. The van der Waals surface area contributed by atoms with E-state index in [9.17, 15) is 4.39 Å². The van der Waals surface area contributed by atoms with Gasteiger partial charge in [-0.25, -0.2) is 4.39 Å². The van der Waals surface area contributed by atoms with Gasteiger partial charge >= 0.3 is 0 Å². The van der Waals surface area contributed by atoms with Gasteiger partial charge in [0.2, 0.25) is 0 Å². The standard InChI is InChI=1S/C19H30FN/c1-12(2)21-11-16-7-6-13(3)9-17(16)19-15(5)8-14(4)10-18(19)20/h8,10,12-13,16-17,21H,6-7,9,11H2,1-5H3. The molecule has 0 bridgehead atoms. The summed E-state index contributed by atoms with van der Waals surface area (Å²) in [6, 6.07) is 4.33. The summed E-state index contributed by atoms with van der Waals surface area (Å²) in [5.74, 6) is 1.62. The molecule has 0 amide bonds. The van der Waals surface area contributed by atoms with Crippen molar-refractivity contribution >= 4 is 0 Å². The molecule has 0 aromatic heterocycles. The van der Waals surface area contributed by atoms with Crippen molar-refractivity contribution in [3.05, 3.63) is 34.6 Å². The fraction of sp³-hybridized carbons (Fsp3) is 0.684. The Bertz CT molecular complexity index is 457. The third kappa shape index (κ3) is 4.06. The number of rotatable bonds is 4. The fourth-order valence-corrected chi connectivity index (χ4v) is 3.82. The highest BCUT2D eigenvalue weighted by molar-refractivity contribution is 5.35. The van der Waals surface area contributed by atoms with E-state index in [1.165, 1.54) is 12.8 Å². The van der Waals surface area contributed by atoms with Gasteiger partial charge in [-0.15, -0.1) is 0 Å². The predicted octanol–water partition coefficient (Wildman–Crippen LogP) is 4.96.